The first-order chi connectivity index (χ1) is 10.1. The maximum atomic E-state index is 12.0. The van der Waals surface area contributed by atoms with Crippen molar-refractivity contribution in [3.63, 3.8) is 0 Å². The average Bonchev–Trinajstić information content (AvgIpc) is 3.14. The molecule has 1 aromatic carbocycles. The van der Waals surface area contributed by atoms with Crippen molar-refractivity contribution in [2.45, 2.75) is 38.6 Å². The van der Waals surface area contributed by atoms with E-state index in [1.54, 1.807) is 0 Å². The highest BCUT2D eigenvalue weighted by Gasteiger charge is 2.46. The molecule has 3 rings (SSSR count). The van der Waals surface area contributed by atoms with Gasteiger partial charge in [-0.15, -0.1) is 0 Å². The molecule has 4 heteroatoms. The van der Waals surface area contributed by atoms with Crippen molar-refractivity contribution < 1.29 is 9.59 Å². The van der Waals surface area contributed by atoms with E-state index in [2.05, 4.69) is 17.4 Å². The number of amides is 2. The maximum Gasteiger partial charge on any atom is 0.226 e. The number of benzene rings is 1. The van der Waals surface area contributed by atoms with Crippen molar-refractivity contribution in [1.29, 1.82) is 0 Å². The largest absolute Gasteiger partial charge is 0.351 e. The fourth-order valence-electron chi connectivity index (χ4n) is 2.77. The first-order valence-corrected chi connectivity index (χ1v) is 7.69. The van der Waals surface area contributed by atoms with E-state index >= 15 is 0 Å². The minimum atomic E-state index is -0.166. The Bertz CT molecular complexity index is 537. The van der Waals surface area contributed by atoms with Gasteiger partial charge in [-0.3, -0.25) is 9.59 Å². The summed E-state index contributed by atoms with van der Waals surface area (Å²) in [6.45, 7) is 3.37. The van der Waals surface area contributed by atoms with Gasteiger partial charge in [-0.1, -0.05) is 37.3 Å². The third-order valence-electron chi connectivity index (χ3n) is 4.61. The Labute approximate surface area is 125 Å². The fourth-order valence-corrected chi connectivity index (χ4v) is 2.77. The van der Waals surface area contributed by atoms with Crippen molar-refractivity contribution in [2.75, 3.05) is 13.1 Å². The first kappa shape index (κ1) is 14.1. The van der Waals surface area contributed by atoms with Crippen LogP contribution in [0.4, 0.5) is 0 Å². The van der Waals surface area contributed by atoms with Gasteiger partial charge in [0.05, 0.1) is 6.04 Å². The van der Waals surface area contributed by atoms with E-state index in [0.717, 1.165) is 25.8 Å². The lowest BCUT2D eigenvalue weighted by atomic mass is 10.1. The Morgan fingerprint density at radius 1 is 1.33 bits per heavy atom. The van der Waals surface area contributed by atoms with E-state index < -0.39 is 0 Å². The number of rotatable bonds is 5. The van der Waals surface area contributed by atoms with Crippen LogP contribution in [-0.2, 0) is 16.0 Å². The van der Waals surface area contributed by atoms with Crippen molar-refractivity contribution in [3.8, 4) is 0 Å². The highest BCUT2D eigenvalue weighted by Crippen LogP contribution is 2.45. The van der Waals surface area contributed by atoms with Crippen LogP contribution in [-0.4, -0.2) is 35.8 Å². The molecular formula is C17H22N2O2. The second-order valence-corrected chi connectivity index (χ2v) is 6.51. The Hall–Kier alpha value is -1.84. The molecule has 1 saturated carbocycles. The van der Waals surface area contributed by atoms with Gasteiger partial charge < -0.3 is 10.2 Å². The van der Waals surface area contributed by atoms with E-state index in [1.807, 2.05) is 30.0 Å². The first-order valence-electron chi connectivity index (χ1n) is 7.69. The van der Waals surface area contributed by atoms with Gasteiger partial charge in [0, 0.05) is 24.9 Å². The normalized spacial score (nSPS) is 23.2. The number of nitrogens with one attached hydrogen (secondary N) is 1. The van der Waals surface area contributed by atoms with Crippen LogP contribution in [0.25, 0.3) is 0 Å². The number of carbonyl (C=O) groups excluding carboxylic acids is 2. The van der Waals surface area contributed by atoms with Crippen LogP contribution in [0.2, 0.25) is 0 Å². The zero-order chi connectivity index (χ0) is 14.9. The summed E-state index contributed by atoms with van der Waals surface area (Å²) in [5, 5.41) is 3.04. The molecule has 4 nitrogen and oxygen atoms in total. The molecule has 1 unspecified atom stereocenters. The standard InChI is InChI=1S/C17H22N2O2/c1-17(8-9-17)16(21)18-14-11-15(20)19(12-14)10-7-13-5-3-2-4-6-13/h2-6,14H,7-12H2,1H3,(H,18,21). The molecule has 2 fully saturated rings. The molecule has 2 amide bonds. The molecule has 0 radical (unpaired) electrons. The summed E-state index contributed by atoms with van der Waals surface area (Å²) < 4.78 is 0. The zero-order valence-corrected chi connectivity index (χ0v) is 12.5. The predicted octanol–water partition coefficient (Wildman–Crippen LogP) is 1.75. The molecule has 1 aromatic rings. The maximum absolute atomic E-state index is 12.0. The summed E-state index contributed by atoms with van der Waals surface area (Å²) in [4.78, 5) is 25.9. The SMILES string of the molecule is CC1(C(=O)NC2CC(=O)N(CCc3ccccc3)C2)CC1. The van der Waals surface area contributed by atoms with Gasteiger partial charge in [0.2, 0.25) is 11.8 Å². The Balaban J connectivity index is 1.49. The van der Waals surface area contributed by atoms with E-state index in [4.69, 9.17) is 0 Å². The number of hydrogen-bond acceptors (Lipinski definition) is 2. The molecule has 1 N–H and O–H groups in total. The number of nitrogens with zero attached hydrogens (tertiary/aromatic N) is 1. The number of likely N-dealkylation sites (tertiary alicyclic amines) is 1. The lowest BCUT2D eigenvalue weighted by Crippen LogP contribution is -2.40. The molecule has 1 aliphatic carbocycles. The van der Waals surface area contributed by atoms with Crippen LogP contribution in [0.3, 0.4) is 0 Å². The minimum absolute atomic E-state index is 0.0156. The molecule has 0 aromatic heterocycles. The van der Waals surface area contributed by atoms with Crippen LogP contribution >= 0.6 is 0 Å². The van der Waals surface area contributed by atoms with E-state index in [9.17, 15) is 9.59 Å². The molecular weight excluding hydrogens is 264 g/mol. The summed E-state index contributed by atoms with van der Waals surface area (Å²) in [7, 11) is 0. The third-order valence-corrected chi connectivity index (χ3v) is 4.61. The number of hydrogen-bond donors (Lipinski definition) is 1. The molecule has 1 heterocycles. The predicted molar refractivity (Wildman–Crippen MR) is 80.6 cm³/mol. The van der Waals surface area contributed by atoms with Crippen molar-refractivity contribution in [2.24, 2.45) is 5.41 Å². The van der Waals surface area contributed by atoms with Crippen molar-refractivity contribution >= 4 is 11.8 Å². The monoisotopic (exact) mass is 286 g/mol. The van der Waals surface area contributed by atoms with Crippen LogP contribution in [0.15, 0.2) is 30.3 Å². The van der Waals surface area contributed by atoms with Gasteiger partial charge in [0.15, 0.2) is 0 Å². The minimum Gasteiger partial charge on any atom is -0.351 e. The molecule has 2 aliphatic rings. The van der Waals surface area contributed by atoms with Gasteiger partial charge in [-0.2, -0.15) is 0 Å². The summed E-state index contributed by atoms with van der Waals surface area (Å²) in [5.41, 5.74) is 1.07. The molecule has 112 valence electrons. The lowest BCUT2D eigenvalue weighted by molar-refractivity contribution is -0.127. The molecule has 0 spiro atoms. The molecule has 1 aliphatic heterocycles. The van der Waals surface area contributed by atoms with Crippen LogP contribution in [0.5, 0.6) is 0 Å². The van der Waals surface area contributed by atoms with Gasteiger partial charge >= 0.3 is 0 Å². The van der Waals surface area contributed by atoms with Crippen molar-refractivity contribution in [3.05, 3.63) is 35.9 Å². The van der Waals surface area contributed by atoms with Crippen molar-refractivity contribution in [1.82, 2.24) is 10.2 Å². The van der Waals surface area contributed by atoms with Crippen LogP contribution in [0.1, 0.15) is 31.7 Å². The van der Waals surface area contributed by atoms with Gasteiger partial charge in [0.1, 0.15) is 0 Å². The summed E-state index contributed by atoms with van der Waals surface area (Å²) in [6, 6.07) is 10.2. The highest BCUT2D eigenvalue weighted by molar-refractivity contribution is 5.86. The average molecular weight is 286 g/mol. The second kappa shape index (κ2) is 5.51. The number of carbonyl (C=O) groups is 2. The summed E-state index contributed by atoms with van der Waals surface area (Å²) >= 11 is 0. The van der Waals surface area contributed by atoms with E-state index in [0.29, 0.717) is 13.0 Å². The Kier molecular flexibility index (Phi) is 3.70. The lowest BCUT2D eigenvalue weighted by Gasteiger charge is -2.18. The zero-order valence-electron chi connectivity index (χ0n) is 12.5. The Morgan fingerprint density at radius 2 is 2.05 bits per heavy atom. The third kappa shape index (κ3) is 3.26. The van der Waals surface area contributed by atoms with Crippen LogP contribution < -0.4 is 5.32 Å². The summed E-state index contributed by atoms with van der Waals surface area (Å²) in [6.07, 6.45) is 3.25. The van der Waals surface area contributed by atoms with Gasteiger partial charge in [0.25, 0.3) is 0 Å². The summed E-state index contributed by atoms with van der Waals surface area (Å²) in [5.74, 6) is 0.266. The van der Waals surface area contributed by atoms with E-state index in [1.165, 1.54) is 5.56 Å². The smallest absolute Gasteiger partial charge is 0.226 e. The second-order valence-electron chi connectivity index (χ2n) is 6.51. The van der Waals surface area contributed by atoms with Gasteiger partial charge in [-0.05, 0) is 24.8 Å². The van der Waals surface area contributed by atoms with Gasteiger partial charge in [-0.25, -0.2) is 0 Å². The highest BCUT2D eigenvalue weighted by atomic mass is 16.2. The topological polar surface area (TPSA) is 49.4 Å². The quantitative estimate of drug-likeness (QED) is 0.896. The molecule has 1 atom stereocenters. The Morgan fingerprint density at radius 3 is 2.71 bits per heavy atom. The molecule has 1 saturated heterocycles. The molecule has 21 heavy (non-hydrogen) atoms. The fraction of sp³-hybridized carbons (Fsp3) is 0.529. The van der Waals surface area contributed by atoms with Crippen LogP contribution in [0, 0.1) is 5.41 Å². The van der Waals surface area contributed by atoms with E-state index in [-0.39, 0.29) is 23.3 Å². The molecule has 0 bridgehead atoms.